The molecule has 2 heterocycles. The lowest BCUT2D eigenvalue weighted by molar-refractivity contribution is 0.380. The van der Waals surface area contributed by atoms with Gasteiger partial charge in [0.05, 0.1) is 4.87 Å². The third-order valence-corrected chi connectivity index (χ3v) is 4.26. The van der Waals surface area contributed by atoms with Gasteiger partial charge in [-0.2, -0.15) is 0 Å². The molecule has 2 nitrogen and oxygen atoms in total. The van der Waals surface area contributed by atoms with Crippen molar-refractivity contribution in [1.29, 1.82) is 0 Å². The summed E-state index contributed by atoms with van der Waals surface area (Å²) >= 11 is 2.09. The first-order valence-electron chi connectivity index (χ1n) is 4.26. The van der Waals surface area contributed by atoms with Gasteiger partial charge >= 0.3 is 0 Å². The SMILES string of the molecule is CC1(C)CSC2(CCNC2)N1. The van der Waals surface area contributed by atoms with Gasteiger partial charge in [-0.25, -0.2) is 0 Å². The van der Waals surface area contributed by atoms with E-state index in [0.717, 1.165) is 6.54 Å². The second kappa shape index (κ2) is 2.38. The molecular weight excluding hydrogens is 156 g/mol. The molecule has 2 N–H and O–H groups in total. The van der Waals surface area contributed by atoms with Crippen molar-refractivity contribution in [3.05, 3.63) is 0 Å². The first-order chi connectivity index (χ1) is 5.12. The van der Waals surface area contributed by atoms with E-state index in [-0.39, 0.29) is 0 Å². The lowest BCUT2D eigenvalue weighted by atomic mass is 10.1. The summed E-state index contributed by atoms with van der Waals surface area (Å²) < 4.78 is 0. The first kappa shape index (κ1) is 7.90. The highest BCUT2D eigenvalue weighted by atomic mass is 32.2. The molecule has 11 heavy (non-hydrogen) atoms. The summed E-state index contributed by atoms with van der Waals surface area (Å²) in [5, 5.41) is 7.12. The Morgan fingerprint density at radius 3 is 2.64 bits per heavy atom. The van der Waals surface area contributed by atoms with Crippen LogP contribution in [0.25, 0.3) is 0 Å². The zero-order valence-corrected chi connectivity index (χ0v) is 8.05. The van der Waals surface area contributed by atoms with Gasteiger partial charge in [0.1, 0.15) is 0 Å². The summed E-state index contributed by atoms with van der Waals surface area (Å²) in [7, 11) is 0. The van der Waals surface area contributed by atoms with E-state index in [1.54, 1.807) is 0 Å². The second-order valence-corrected chi connectivity index (χ2v) is 5.58. The minimum absolute atomic E-state index is 0.344. The Balaban J connectivity index is 2.07. The molecule has 1 spiro atoms. The Morgan fingerprint density at radius 2 is 2.18 bits per heavy atom. The van der Waals surface area contributed by atoms with Gasteiger partial charge in [0, 0.05) is 17.8 Å². The summed E-state index contributed by atoms with van der Waals surface area (Å²) in [6.07, 6.45) is 1.28. The average Bonchev–Trinajstić information content (AvgIpc) is 2.43. The van der Waals surface area contributed by atoms with Gasteiger partial charge in [-0.15, -0.1) is 11.8 Å². The molecule has 0 aromatic carbocycles. The molecule has 0 saturated carbocycles. The van der Waals surface area contributed by atoms with Gasteiger partial charge in [-0.3, -0.25) is 5.32 Å². The Bertz CT molecular complexity index is 161. The lowest BCUT2D eigenvalue weighted by Crippen LogP contribution is -2.48. The predicted molar refractivity (Wildman–Crippen MR) is 49.9 cm³/mol. The Kier molecular flexibility index (Phi) is 1.71. The van der Waals surface area contributed by atoms with E-state index in [2.05, 4.69) is 36.2 Å². The maximum absolute atomic E-state index is 3.71. The zero-order valence-electron chi connectivity index (χ0n) is 7.24. The fourth-order valence-electron chi connectivity index (χ4n) is 1.91. The molecule has 0 aromatic rings. The molecule has 64 valence electrons. The molecule has 2 aliphatic rings. The van der Waals surface area contributed by atoms with Gasteiger partial charge in [0.25, 0.3) is 0 Å². The lowest BCUT2D eigenvalue weighted by Gasteiger charge is -2.26. The summed E-state index contributed by atoms with van der Waals surface area (Å²) in [5.74, 6) is 1.24. The number of nitrogens with one attached hydrogen (secondary N) is 2. The van der Waals surface area contributed by atoms with Crippen LogP contribution in [0.5, 0.6) is 0 Å². The summed E-state index contributed by atoms with van der Waals surface area (Å²) in [6, 6.07) is 0. The largest absolute Gasteiger partial charge is 0.314 e. The van der Waals surface area contributed by atoms with Gasteiger partial charge in [0.15, 0.2) is 0 Å². The molecule has 2 aliphatic heterocycles. The predicted octanol–water partition coefficient (Wildman–Crippen LogP) is 0.791. The molecule has 0 aromatic heterocycles. The average molecular weight is 172 g/mol. The Morgan fingerprint density at radius 1 is 1.36 bits per heavy atom. The van der Waals surface area contributed by atoms with Crippen LogP contribution in [-0.2, 0) is 0 Å². The minimum atomic E-state index is 0.344. The summed E-state index contributed by atoms with van der Waals surface area (Å²) in [5.41, 5.74) is 0.344. The molecule has 1 atom stereocenters. The van der Waals surface area contributed by atoms with E-state index in [4.69, 9.17) is 0 Å². The van der Waals surface area contributed by atoms with Crippen LogP contribution in [-0.4, -0.2) is 29.3 Å². The zero-order chi connectivity index (χ0) is 7.95. The van der Waals surface area contributed by atoms with Crippen molar-refractivity contribution >= 4 is 11.8 Å². The van der Waals surface area contributed by atoms with Crippen LogP contribution >= 0.6 is 11.8 Å². The first-order valence-corrected chi connectivity index (χ1v) is 5.25. The molecule has 0 radical (unpaired) electrons. The molecule has 0 bridgehead atoms. The van der Waals surface area contributed by atoms with E-state index >= 15 is 0 Å². The van der Waals surface area contributed by atoms with E-state index in [0.29, 0.717) is 10.4 Å². The molecule has 2 fully saturated rings. The van der Waals surface area contributed by atoms with Crippen LogP contribution in [0.4, 0.5) is 0 Å². The van der Waals surface area contributed by atoms with Crippen molar-refractivity contribution in [3.63, 3.8) is 0 Å². The number of thioether (sulfide) groups is 1. The number of hydrogen-bond donors (Lipinski definition) is 2. The van der Waals surface area contributed by atoms with Crippen molar-refractivity contribution in [2.45, 2.75) is 30.7 Å². The van der Waals surface area contributed by atoms with E-state index in [9.17, 15) is 0 Å². The molecule has 3 heteroatoms. The maximum atomic E-state index is 3.71. The van der Waals surface area contributed by atoms with E-state index < -0.39 is 0 Å². The van der Waals surface area contributed by atoms with Crippen LogP contribution in [0.3, 0.4) is 0 Å². The third-order valence-electron chi connectivity index (χ3n) is 2.39. The molecule has 1 unspecified atom stereocenters. The van der Waals surface area contributed by atoms with Gasteiger partial charge in [-0.1, -0.05) is 0 Å². The highest BCUT2D eigenvalue weighted by Crippen LogP contribution is 2.39. The summed E-state index contributed by atoms with van der Waals surface area (Å²) in [6.45, 7) is 6.89. The van der Waals surface area contributed by atoms with Gasteiger partial charge in [-0.05, 0) is 26.8 Å². The quantitative estimate of drug-likeness (QED) is 0.565. The monoisotopic (exact) mass is 172 g/mol. The maximum Gasteiger partial charge on any atom is 0.0788 e. The van der Waals surface area contributed by atoms with Crippen molar-refractivity contribution in [1.82, 2.24) is 10.6 Å². The highest BCUT2D eigenvalue weighted by Gasteiger charge is 2.44. The molecule has 0 aliphatic carbocycles. The van der Waals surface area contributed by atoms with Crippen LogP contribution in [0.2, 0.25) is 0 Å². The van der Waals surface area contributed by atoms with Crippen molar-refractivity contribution < 1.29 is 0 Å². The van der Waals surface area contributed by atoms with Crippen LogP contribution in [0.15, 0.2) is 0 Å². The Hall–Kier alpha value is 0.270. The summed E-state index contributed by atoms with van der Waals surface area (Å²) in [4.78, 5) is 0.378. The Labute approximate surface area is 72.5 Å². The second-order valence-electron chi connectivity index (χ2n) is 4.22. The standard InChI is InChI=1S/C8H16N2S/c1-7(2)6-11-8(10-7)3-4-9-5-8/h9-10H,3-6H2,1-2H3. The van der Waals surface area contributed by atoms with Gasteiger partial charge < -0.3 is 5.32 Å². The van der Waals surface area contributed by atoms with Crippen LogP contribution in [0, 0.1) is 0 Å². The topological polar surface area (TPSA) is 24.1 Å². The number of hydrogen-bond acceptors (Lipinski definition) is 3. The normalized spacial score (nSPS) is 42.0. The molecular formula is C8H16N2S. The van der Waals surface area contributed by atoms with Crippen molar-refractivity contribution in [2.75, 3.05) is 18.8 Å². The fourth-order valence-corrected chi connectivity index (χ4v) is 3.41. The molecule has 2 saturated heterocycles. The highest BCUT2D eigenvalue weighted by molar-refractivity contribution is 8.01. The van der Waals surface area contributed by atoms with Crippen molar-refractivity contribution in [3.8, 4) is 0 Å². The van der Waals surface area contributed by atoms with Crippen LogP contribution in [0.1, 0.15) is 20.3 Å². The smallest absolute Gasteiger partial charge is 0.0788 e. The van der Waals surface area contributed by atoms with E-state index in [1.807, 2.05) is 0 Å². The van der Waals surface area contributed by atoms with Crippen LogP contribution < -0.4 is 10.6 Å². The number of rotatable bonds is 0. The van der Waals surface area contributed by atoms with Gasteiger partial charge in [0.2, 0.25) is 0 Å². The minimum Gasteiger partial charge on any atom is -0.314 e. The molecule has 2 rings (SSSR count). The molecule has 0 amide bonds. The van der Waals surface area contributed by atoms with Crippen molar-refractivity contribution in [2.24, 2.45) is 0 Å². The van der Waals surface area contributed by atoms with E-state index in [1.165, 1.54) is 18.7 Å². The fraction of sp³-hybridized carbons (Fsp3) is 1.00. The third kappa shape index (κ3) is 1.42.